The van der Waals surface area contributed by atoms with Crippen LogP contribution in [0.15, 0.2) is 59.9 Å². The molecule has 0 spiro atoms. The van der Waals surface area contributed by atoms with Gasteiger partial charge in [0.2, 0.25) is 5.91 Å². The summed E-state index contributed by atoms with van der Waals surface area (Å²) in [7, 11) is 0. The molecule has 2 amide bonds. The number of aromatic amines is 1. The number of amides is 2. The minimum atomic E-state index is -0.307. The van der Waals surface area contributed by atoms with Crippen molar-refractivity contribution in [2.75, 3.05) is 19.6 Å². The molecular formula is C29H29BrN6O2. The summed E-state index contributed by atoms with van der Waals surface area (Å²) in [6.45, 7) is 9.51. The number of benzene rings is 2. The molecule has 2 aromatic heterocycles. The summed E-state index contributed by atoms with van der Waals surface area (Å²) < 4.78 is 2.87. The molecule has 9 heteroatoms. The first-order valence-electron chi connectivity index (χ1n) is 12.9. The number of fused-ring (bicyclic) bond motifs is 1. The summed E-state index contributed by atoms with van der Waals surface area (Å²) in [5.41, 5.74) is 7.40. The van der Waals surface area contributed by atoms with Gasteiger partial charge in [-0.3, -0.25) is 9.59 Å². The highest BCUT2D eigenvalue weighted by Crippen LogP contribution is 2.38. The Labute approximate surface area is 229 Å². The van der Waals surface area contributed by atoms with Crippen molar-refractivity contribution >= 4 is 38.8 Å². The number of carbonyl (C=O) groups is 2. The lowest BCUT2D eigenvalue weighted by atomic mass is 9.94. The maximum Gasteiger partial charge on any atom is 0.256 e. The van der Waals surface area contributed by atoms with E-state index in [2.05, 4.69) is 70.6 Å². The van der Waals surface area contributed by atoms with Gasteiger partial charge >= 0.3 is 0 Å². The van der Waals surface area contributed by atoms with Crippen LogP contribution in [0.1, 0.15) is 58.7 Å². The van der Waals surface area contributed by atoms with Gasteiger partial charge in [-0.1, -0.05) is 32.6 Å². The first-order chi connectivity index (χ1) is 18.4. The van der Waals surface area contributed by atoms with Gasteiger partial charge in [0.1, 0.15) is 5.52 Å². The Balaban J connectivity index is 1.44. The molecule has 2 aliphatic heterocycles. The summed E-state index contributed by atoms with van der Waals surface area (Å²) >= 11 is 3.53. The number of H-pyrrole nitrogens is 1. The summed E-state index contributed by atoms with van der Waals surface area (Å²) in [6, 6.07) is 11.9. The number of rotatable bonds is 4. The van der Waals surface area contributed by atoms with E-state index in [1.165, 1.54) is 11.6 Å². The normalized spacial score (nSPS) is 17.0. The van der Waals surface area contributed by atoms with Gasteiger partial charge in [-0.05, 0) is 57.8 Å². The van der Waals surface area contributed by atoms with Gasteiger partial charge in [-0.15, -0.1) is 0 Å². The number of nitrogens with one attached hydrogen (secondary N) is 1. The van der Waals surface area contributed by atoms with E-state index in [4.69, 9.17) is 5.10 Å². The molecule has 194 valence electrons. The van der Waals surface area contributed by atoms with Gasteiger partial charge < -0.3 is 14.8 Å². The van der Waals surface area contributed by atoms with Gasteiger partial charge in [-0.25, -0.2) is 9.67 Å². The third-order valence-corrected chi connectivity index (χ3v) is 8.36. The molecule has 0 unspecified atom stereocenters. The highest BCUT2D eigenvalue weighted by molar-refractivity contribution is 9.10. The van der Waals surface area contributed by atoms with E-state index in [1.54, 1.807) is 11.2 Å². The van der Waals surface area contributed by atoms with E-state index in [1.807, 2.05) is 21.7 Å². The number of aromatic nitrogens is 4. The Morgan fingerprint density at radius 1 is 1.13 bits per heavy atom. The standard InChI is InChI=1S/C29H29BrN6O2/c1-4-25(37)34-13-11-22-26-23(36(33-22)19-7-5-18(6-8-19)17(2)3)12-14-35(24(26)15-34)29(38)20-9-10-21(30)28-27(20)31-16-32-28/h4-10,16-17,24H,1,11-15H2,2-3H3,(H,31,32)/t24-/m1/s1. The summed E-state index contributed by atoms with van der Waals surface area (Å²) in [5.74, 6) is 0.232. The van der Waals surface area contributed by atoms with Crippen molar-refractivity contribution in [2.24, 2.45) is 0 Å². The second-order valence-electron chi connectivity index (χ2n) is 10.2. The lowest BCUT2D eigenvalue weighted by molar-refractivity contribution is -0.126. The molecule has 0 saturated carbocycles. The van der Waals surface area contributed by atoms with E-state index < -0.39 is 0 Å². The predicted molar refractivity (Wildman–Crippen MR) is 149 cm³/mol. The first kappa shape index (κ1) is 24.6. The third kappa shape index (κ3) is 3.96. The molecule has 0 bridgehead atoms. The van der Waals surface area contributed by atoms with Crippen molar-refractivity contribution in [3.63, 3.8) is 0 Å². The number of nitrogens with zero attached hydrogens (tertiary/aromatic N) is 5. The smallest absolute Gasteiger partial charge is 0.256 e. The Morgan fingerprint density at radius 3 is 2.66 bits per heavy atom. The molecule has 0 radical (unpaired) electrons. The lowest BCUT2D eigenvalue weighted by Crippen LogP contribution is -2.45. The molecule has 2 aromatic carbocycles. The van der Waals surface area contributed by atoms with E-state index >= 15 is 0 Å². The molecule has 2 aliphatic rings. The van der Waals surface area contributed by atoms with Crippen LogP contribution in [0.25, 0.3) is 16.7 Å². The van der Waals surface area contributed by atoms with Crippen LogP contribution in [0, 0.1) is 0 Å². The zero-order valence-corrected chi connectivity index (χ0v) is 23.0. The summed E-state index contributed by atoms with van der Waals surface area (Å²) in [5, 5.41) is 5.05. The lowest BCUT2D eigenvalue weighted by Gasteiger charge is -2.38. The van der Waals surface area contributed by atoms with E-state index in [9.17, 15) is 9.59 Å². The molecule has 0 fully saturated rings. The third-order valence-electron chi connectivity index (χ3n) is 7.72. The molecule has 4 aromatic rings. The quantitative estimate of drug-likeness (QED) is 0.351. The number of halogens is 1. The van der Waals surface area contributed by atoms with Crippen molar-refractivity contribution in [3.8, 4) is 5.69 Å². The van der Waals surface area contributed by atoms with E-state index in [0.29, 0.717) is 49.5 Å². The predicted octanol–water partition coefficient (Wildman–Crippen LogP) is 4.94. The first-order valence-corrected chi connectivity index (χ1v) is 13.7. The SMILES string of the molecule is C=CC(=O)N1CCc2nn(-c3ccc(C(C)C)cc3)c3c2[C@@H](C1)N(C(=O)c1ccc(Br)c2nc[nH]c12)CC3. The van der Waals surface area contributed by atoms with Crippen molar-refractivity contribution in [2.45, 2.75) is 38.6 Å². The fourth-order valence-corrected chi connectivity index (χ4v) is 6.15. The summed E-state index contributed by atoms with van der Waals surface area (Å²) in [4.78, 5) is 38.0. The van der Waals surface area contributed by atoms with Crippen LogP contribution in [0.3, 0.4) is 0 Å². The van der Waals surface area contributed by atoms with Crippen molar-refractivity contribution in [3.05, 3.63) is 87.9 Å². The van der Waals surface area contributed by atoms with Crippen LogP contribution in [0.2, 0.25) is 0 Å². The Kier molecular flexibility index (Phi) is 6.18. The van der Waals surface area contributed by atoms with Gasteiger partial charge in [0.25, 0.3) is 5.91 Å². The maximum absolute atomic E-state index is 14.1. The monoisotopic (exact) mass is 572 g/mol. The second kappa shape index (κ2) is 9.54. The zero-order valence-electron chi connectivity index (χ0n) is 21.4. The van der Waals surface area contributed by atoms with Gasteiger partial charge in [-0.2, -0.15) is 5.10 Å². The van der Waals surface area contributed by atoms with Crippen LogP contribution in [0.4, 0.5) is 0 Å². The number of hydrogen-bond donors (Lipinski definition) is 1. The Morgan fingerprint density at radius 2 is 1.92 bits per heavy atom. The van der Waals surface area contributed by atoms with Crippen LogP contribution in [0.5, 0.6) is 0 Å². The van der Waals surface area contributed by atoms with Gasteiger partial charge in [0.15, 0.2) is 0 Å². The topological polar surface area (TPSA) is 87.1 Å². The maximum atomic E-state index is 14.1. The van der Waals surface area contributed by atoms with E-state index in [0.717, 1.165) is 32.6 Å². The fourth-order valence-electron chi connectivity index (χ4n) is 5.71. The van der Waals surface area contributed by atoms with Gasteiger partial charge in [0, 0.05) is 42.5 Å². The minimum Gasteiger partial charge on any atom is -0.344 e. The van der Waals surface area contributed by atoms with Crippen molar-refractivity contribution in [1.82, 2.24) is 29.5 Å². The zero-order chi connectivity index (χ0) is 26.6. The minimum absolute atomic E-state index is 0.0877. The van der Waals surface area contributed by atoms with Crippen LogP contribution in [-0.2, 0) is 17.6 Å². The number of carbonyl (C=O) groups excluding carboxylic acids is 2. The van der Waals surface area contributed by atoms with Crippen LogP contribution >= 0.6 is 15.9 Å². The molecule has 0 aliphatic carbocycles. The number of hydrogen-bond acceptors (Lipinski definition) is 4. The Bertz CT molecular complexity index is 1570. The van der Waals surface area contributed by atoms with Crippen LogP contribution in [-0.4, -0.2) is 61.0 Å². The van der Waals surface area contributed by atoms with Crippen LogP contribution < -0.4 is 0 Å². The molecule has 6 rings (SSSR count). The highest BCUT2D eigenvalue weighted by atomic mass is 79.9. The molecule has 1 N–H and O–H groups in total. The highest BCUT2D eigenvalue weighted by Gasteiger charge is 2.40. The number of imidazole rings is 1. The largest absolute Gasteiger partial charge is 0.344 e. The molecule has 1 atom stereocenters. The second-order valence-corrected chi connectivity index (χ2v) is 11.0. The molecule has 8 nitrogen and oxygen atoms in total. The summed E-state index contributed by atoms with van der Waals surface area (Å²) in [6.07, 6.45) is 4.25. The molecule has 0 saturated heterocycles. The molecule has 38 heavy (non-hydrogen) atoms. The van der Waals surface area contributed by atoms with Crippen molar-refractivity contribution in [1.29, 1.82) is 0 Å². The average molecular weight is 573 g/mol. The molecular weight excluding hydrogens is 544 g/mol. The Hall–Kier alpha value is -3.72. The van der Waals surface area contributed by atoms with E-state index in [-0.39, 0.29) is 17.9 Å². The average Bonchev–Trinajstić information content (AvgIpc) is 3.52. The molecule has 4 heterocycles. The van der Waals surface area contributed by atoms with Crippen molar-refractivity contribution < 1.29 is 9.59 Å². The van der Waals surface area contributed by atoms with Gasteiger partial charge in [0.05, 0.1) is 40.5 Å². The fraction of sp³-hybridized carbons (Fsp3) is 0.310.